The highest BCUT2D eigenvalue weighted by atomic mass is 19.4. The molecule has 2 aromatic rings. The topological polar surface area (TPSA) is 43.3 Å². The molecule has 2 atom stereocenters. The molecule has 1 N–H and O–H groups in total. The maximum atomic E-state index is 14.4. The number of aliphatic imine (C=N–C) groups is 1. The summed E-state index contributed by atoms with van der Waals surface area (Å²) >= 11 is 0. The number of fused-ring (bicyclic) bond motifs is 3. The first kappa shape index (κ1) is 28.9. The smallest absolute Gasteiger partial charge is 0.416 e. The van der Waals surface area contributed by atoms with Gasteiger partial charge >= 0.3 is 6.18 Å². The Morgan fingerprint density at radius 2 is 1.86 bits per heavy atom. The fourth-order valence-electron chi connectivity index (χ4n) is 7.00. The van der Waals surface area contributed by atoms with Crippen LogP contribution in [0.3, 0.4) is 0 Å². The van der Waals surface area contributed by atoms with Crippen molar-refractivity contribution in [3.63, 3.8) is 0 Å². The van der Waals surface area contributed by atoms with Crippen LogP contribution >= 0.6 is 0 Å². The predicted octanol–water partition coefficient (Wildman–Crippen LogP) is 7.71. The van der Waals surface area contributed by atoms with Gasteiger partial charge in [-0.25, -0.2) is 0 Å². The minimum absolute atomic E-state index is 0.157. The second-order valence-electron chi connectivity index (χ2n) is 12.4. The van der Waals surface area contributed by atoms with Crippen LogP contribution in [0.5, 0.6) is 5.75 Å². The Labute approximate surface area is 256 Å². The lowest BCUT2D eigenvalue weighted by atomic mass is 9.97. The lowest BCUT2D eigenvalue weighted by Crippen LogP contribution is -2.31. The second-order valence-corrected chi connectivity index (χ2v) is 12.4. The Morgan fingerprint density at radius 1 is 1.02 bits per heavy atom. The van der Waals surface area contributed by atoms with Gasteiger partial charge in [-0.2, -0.15) is 13.2 Å². The van der Waals surface area contributed by atoms with E-state index in [0.717, 1.165) is 85.1 Å². The molecule has 2 unspecified atom stereocenters. The zero-order valence-corrected chi connectivity index (χ0v) is 25.2. The minimum Gasteiger partial charge on any atom is -0.490 e. The van der Waals surface area contributed by atoms with Crippen LogP contribution in [-0.2, 0) is 6.18 Å². The Hall–Kier alpha value is -3.82. The molecule has 44 heavy (non-hydrogen) atoms. The highest BCUT2D eigenvalue weighted by Crippen LogP contribution is 2.46. The molecule has 230 valence electrons. The Bertz CT molecular complexity index is 1600. The fraction of sp³-hybridized carbons (Fsp3) is 0.400. The van der Waals surface area contributed by atoms with Crippen molar-refractivity contribution in [2.75, 3.05) is 50.6 Å². The number of likely N-dealkylation sites (N-methyl/N-ethyl adjacent to an activating group) is 2. The summed E-state index contributed by atoms with van der Waals surface area (Å²) in [4.78, 5) is 11.2. The molecular weight excluding hydrogens is 563 g/mol. The molecule has 0 saturated carbocycles. The number of alkyl halides is 3. The van der Waals surface area contributed by atoms with Crippen LogP contribution in [0.1, 0.15) is 43.2 Å². The lowest BCUT2D eigenvalue weighted by molar-refractivity contribution is -0.137. The molecule has 0 bridgehead atoms. The number of likely N-dealkylation sites (tertiary alicyclic amines) is 2. The normalized spacial score (nSPS) is 23.4. The summed E-state index contributed by atoms with van der Waals surface area (Å²) in [7, 11) is 4.15. The van der Waals surface area contributed by atoms with Gasteiger partial charge < -0.3 is 19.9 Å². The maximum Gasteiger partial charge on any atom is 0.416 e. The van der Waals surface area contributed by atoms with Gasteiger partial charge in [0.1, 0.15) is 18.0 Å². The summed E-state index contributed by atoms with van der Waals surface area (Å²) in [5, 5.41) is 3.51. The molecule has 0 radical (unpaired) electrons. The summed E-state index contributed by atoms with van der Waals surface area (Å²) < 4.78 is 49.5. The standard InChI is InChI=1S/C35H38F3N5O/c1-41-15-6-9-26(41)22-44-33-19-24(35(36,37)38)18-32(43-17-5-8-23(21-43)31-12-7-16-42(31)2)34(33)39-25-13-14-30-28(20-25)27-10-3-4-11-29(27)40-30/h3-5,8,10,13-14,18-21,26,31,39H,6-7,9,11-12,15-17,22H2,1-2H3. The summed E-state index contributed by atoms with van der Waals surface area (Å²) in [5.41, 5.74) is 6.18. The molecule has 4 aliphatic heterocycles. The van der Waals surface area contributed by atoms with E-state index in [0.29, 0.717) is 24.5 Å². The third-order valence-electron chi connectivity index (χ3n) is 9.48. The predicted molar refractivity (Wildman–Crippen MR) is 171 cm³/mol. The van der Waals surface area contributed by atoms with Crippen LogP contribution in [0.25, 0.3) is 5.57 Å². The van der Waals surface area contributed by atoms with E-state index in [2.05, 4.69) is 40.4 Å². The van der Waals surface area contributed by atoms with Crippen molar-refractivity contribution in [2.45, 2.75) is 50.4 Å². The molecule has 0 amide bonds. The van der Waals surface area contributed by atoms with Crippen LogP contribution in [0, 0.1) is 0 Å². The molecule has 2 fully saturated rings. The number of allylic oxidation sites excluding steroid dienone is 4. The van der Waals surface area contributed by atoms with Crippen molar-refractivity contribution in [2.24, 2.45) is 4.99 Å². The third kappa shape index (κ3) is 5.59. The van der Waals surface area contributed by atoms with Crippen LogP contribution in [0.4, 0.5) is 35.9 Å². The molecule has 1 aliphatic carbocycles. The van der Waals surface area contributed by atoms with E-state index >= 15 is 0 Å². The summed E-state index contributed by atoms with van der Waals surface area (Å²) in [6.07, 6.45) is 12.8. The number of hydrogen-bond donors (Lipinski definition) is 1. The van der Waals surface area contributed by atoms with Gasteiger partial charge in [-0.1, -0.05) is 30.4 Å². The molecule has 2 saturated heterocycles. The highest BCUT2D eigenvalue weighted by molar-refractivity contribution is 6.30. The summed E-state index contributed by atoms with van der Waals surface area (Å²) in [5.74, 6) is 0.204. The number of nitrogens with one attached hydrogen (secondary N) is 1. The van der Waals surface area contributed by atoms with Crippen molar-refractivity contribution >= 4 is 34.0 Å². The maximum absolute atomic E-state index is 14.4. The number of benzene rings is 2. The van der Waals surface area contributed by atoms with Crippen LogP contribution in [0.15, 0.2) is 77.5 Å². The van der Waals surface area contributed by atoms with E-state index in [-0.39, 0.29) is 17.8 Å². The van der Waals surface area contributed by atoms with Crippen molar-refractivity contribution < 1.29 is 17.9 Å². The van der Waals surface area contributed by atoms with Gasteiger partial charge in [0.25, 0.3) is 0 Å². The van der Waals surface area contributed by atoms with E-state index in [9.17, 15) is 13.2 Å². The second kappa shape index (κ2) is 11.6. The first-order chi connectivity index (χ1) is 21.2. The molecule has 9 heteroatoms. The summed E-state index contributed by atoms with van der Waals surface area (Å²) in [6.45, 7) is 2.75. The lowest BCUT2D eigenvalue weighted by Gasteiger charge is -2.31. The van der Waals surface area contributed by atoms with Gasteiger partial charge in [-0.3, -0.25) is 9.89 Å². The van der Waals surface area contributed by atoms with Crippen molar-refractivity contribution in [1.82, 2.24) is 9.80 Å². The Morgan fingerprint density at radius 3 is 2.64 bits per heavy atom. The molecule has 0 spiro atoms. The molecule has 4 heterocycles. The van der Waals surface area contributed by atoms with E-state index in [1.54, 1.807) is 0 Å². The molecule has 5 aliphatic rings. The highest BCUT2D eigenvalue weighted by Gasteiger charge is 2.35. The zero-order chi connectivity index (χ0) is 30.4. The van der Waals surface area contributed by atoms with Gasteiger partial charge in [-0.05, 0) is 88.8 Å². The quantitative estimate of drug-likeness (QED) is 0.352. The number of halogens is 3. The van der Waals surface area contributed by atoms with Crippen LogP contribution in [0.2, 0.25) is 0 Å². The first-order valence-corrected chi connectivity index (χ1v) is 15.5. The minimum atomic E-state index is -4.53. The van der Waals surface area contributed by atoms with Gasteiger partial charge in [0, 0.05) is 48.1 Å². The van der Waals surface area contributed by atoms with E-state index in [4.69, 9.17) is 9.73 Å². The SMILES string of the molecule is CN1CCCC1COc1cc(C(F)(F)F)cc(N2C=C(C3CCCN3C)C=CC2)c1Nc1ccc2c(c1)C1=CC=CCC1=N2. The largest absolute Gasteiger partial charge is 0.490 e. The van der Waals surface area contributed by atoms with Gasteiger partial charge in [-0.15, -0.1) is 0 Å². The monoisotopic (exact) mass is 601 g/mol. The average molecular weight is 602 g/mol. The van der Waals surface area contributed by atoms with Crippen LogP contribution < -0.4 is 15.0 Å². The Kier molecular flexibility index (Phi) is 7.62. The first-order valence-electron chi connectivity index (χ1n) is 15.5. The Balaban J connectivity index is 1.31. The fourth-order valence-corrected chi connectivity index (χ4v) is 7.00. The molecule has 7 rings (SSSR count). The molecule has 0 aromatic heterocycles. The van der Waals surface area contributed by atoms with Gasteiger partial charge in [0.15, 0.2) is 0 Å². The van der Waals surface area contributed by atoms with Gasteiger partial charge in [0.05, 0.1) is 22.6 Å². The van der Waals surface area contributed by atoms with E-state index in [1.165, 1.54) is 6.07 Å². The van der Waals surface area contributed by atoms with Crippen molar-refractivity contribution in [3.05, 3.63) is 83.6 Å². The van der Waals surface area contributed by atoms with Crippen molar-refractivity contribution in [1.29, 1.82) is 0 Å². The molecular formula is C35H38F3N5O. The van der Waals surface area contributed by atoms with Crippen LogP contribution in [-0.4, -0.2) is 67.9 Å². The van der Waals surface area contributed by atoms with Gasteiger partial charge in [0.2, 0.25) is 0 Å². The zero-order valence-electron chi connectivity index (χ0n) is 25.2. The number of rotatable bonds is 7. The number of anilines is 3. The molecule has 6 nitrogen and oxygen atoms in total. The number of nitrogens with zero attached hydrogens (tertiary/aromatic N) is 4. The third-order valence-corrected chi connectivity index (χ3v) is 9.48. The van der Waals surface area contributed by atoms with E-state index < -0.39 is 11.7 Å². The molecule has 2 aromatic carbocycles. The average Bonchev–Trinajstić information content (AvgIpc) is 3.73. The van der Waals surface area contributed by atoms with Crippen molar-refractivity contribution in [3.8, 4) is 5.75 Å². The van der Waals surface area contributed by atoms with E-state index in [1.807, 2.05) is 48.5 Å². The number of ether oxygens (including phenoxy) is 1. The summed E-state index contributed by atoms with van der Waals surface area (Å²) in [6, 6.07) is 8.76. The number of hydrogen-bond acceptors (Lipinski definition) is 6.